The van der Waals surface area contributed by atoms with E-state index in [0.717, 1.165) is 11.3 Å². The van der Waals surface area contributed by atoms with Crippen molar-refractivity contribution in [2.45, 2.75) is 25.9 Å². The Balaban J connectivity index is 2.26. The Hall–Kier alpha value is -1.55. The minimum atomic E-state index is -0.861. The van der Waals surface area contributed by atoms with Crippen molar-refractivity contribution in [1.29, 1.82) is 0 Å². The van der Waals surface area contributed by atoms with Gasteiger partial charge in [0.1, 0.15) is 0 Å². The fraction of sp³-hybridized carbons (Fsp3) is 0.417. The minimum absolute atomic E-state index is 0.0358. The molecule has 0 atom stereocenters. The summed E-state index contributed by atoms with van der Waals surface area (Å²) in [4.78, 5) is 11.1. The second-order valence-corrected chi connectivity index (χ2v) is 4.55. The van der Waals surface area contributed by atoms with Crippen molar-refractivity contribution >= 4 is 11.6 Å². The summed E-state index contributed by atoms with van der Waals surface area (Å²) in [5.74, 6) is 0.0358. The highest BCUT2D eigenvalue weighted by atomic mass is 16.3. The lowest BCUT2D eigenvalue weighted by Gasteiger charge is -2.22. The Morgan fingerprint density at radius 3 is 2.75 bits per heavy atom. The number of hydrazine groups is 1. The number of nitrogens with zero attached hydrogens (tertiary/aromatic N) is 1. The monoisotopic (exact) mass is 220 g/mol. The lowest BCUT2D eigenvalue weighted by molar-refractivity contribution is -0.119. The summed E-state index contributed by atoms with van der Waals surface area (Å²) >= 11 is 0. The van der Waals surface area contributed by atoms with E-state index < -0.39 is 5.60 Å². The highest BCUT2D eigenvalue weighted by molar-refractivity contribution is 5.81. The van der Waals surface area contributed by atoms with Crippen molar-refractivity contribution < 1.29 is 9.90 Å². The van der Waals surface area contributed by atoms with Crippen molar-refractivity contribution in [3.63, 3.8) is 0 Å². The largest absolute Gasteiger partial charge is 0.386 e. The maximum absolute atomic E-state index is 11.1. The second kappa shape index (κ2) is 3.79. The van der Waals surface area contributed by atoms with Crippen LogP contribution in [0.1, 0.15) is 25.8 Å². The maximum atomic E-state index is 11.1. The lowest BCUT2D eigenvalue weighted by atomic mass is 9.98. The van der Waals surface area contributed by atoms with Gasteiger partial charge in [-0.05, 0) is 31.5 Å². The maximum Gasteiger partial charge on any atom is 0.240 e. The van der Waals surface area contributed by atoms with E-state index in [2.05, 4.69) is 5.43 Å². The van der Waals surface area contributed by atoms with Crippen molar-refractivity contribution in [2.24, 2.45) is 0 Å². The van der Waals surface area contributed by atoms with Crippen molar-refractivity contribution in [3.05, 3.63) is 29.8 Å². The Kier molecular flexibility index (Phi) is 2.59. The lowest BCUT2D eigenvalue weighted by Crippen LogP contribution is -2.33. The average Bonchev–Trinajstić information content (AvgIpc) is 2.64. The highest BCUT2D eigenvalue weighted by Crippen LogP contribution is 2.24. The van der Waals surface area contributed by atoms with Gasteiger partial charge in [0.2, 0.25) is 5.91 Å². The Morgan fingerprint density at radius 1 is 1.44 bits per heavy atom. The molecule has 1 heterocycles. The molecule has 0 aliphatic carbocycles. The van der Waals surface area contributed by atoms with Crippen LogP contribution >= 0.6 is 0 Å². The normalized spacial score (nSPS) is 16.4. The summed E-state index contributed by atoms with van der Waals surface area (Å²) in [7, 11) is 0. The number of amides is 1. The van der Waals surface area contributed by atoms with E-state index in [1.807, 2.05) is 24.3 Å². The number of rotatable bonds is 2. The first-order chi connectivity index (χ1) is 7.47. The molecule has 16 heavy (non-hydrogen) atoms. The average molecular weight is 220 g/mol. The van der Waals surface area contributed by atoms with Gasteiger partial charge in [0.05, 0.1) is 11.3 Å². The van der Waals surface area contributed by atoms with Crippen LogP contribution in [-0.2, 0) is 10.4 Å². The third-order valence-corrected chi connectivity index (χ3v) is 2.69. The number of benzene rings is 1. The predicted octanol–water partition coefficient (Wildman–Crippen LogP) is 1.16. The first-order valence-corrected chi connectivity index (χ1v) is 5.37. The molecule has 1 aromatic carbocycles. The van der Waals surface area contributed by atoms with E-state index >= 15 is 0 Å². The van der Waals surface area contributed by atoms with Crippen LogP contribution in [0, 0.1) is 0 Å². The van der Waals surface area contributed by atoms with E-state index in [9.17, 15) is 9.90 Å². The van der Waals surface area contributed by atoms with Gasteiger partial charge in [-0.2, -0.15) is 0 Å². The number of anilines is 1. The minimum Gasteiger partial charge on any atom is -0.386 e. The number of nitrogens with one attached hydrogen (secondary N) is 1. The third kappa shape index (κ3) is 2.17. The fourth-order valence-electron chi connectivity index (χ4n) is 1.72. The zero-order valence-electron chi connectivity index (χ0n) is 9.53. The summed E-state index contributed by atoms with van der Waals surface area (Å²) in [6, 6.07) is 7.57. The van der Waals surface area contributed by atoms with Crippen LogP contribution in [0.5, 0.6) is 0 Å². The first-order valence-electron chi connectivity index (χ1n) is 5.37. The Bertz CT molecular complexity index is 410. The topological polar surface area (TPSA) is 52.6 Å². The molecule has 1 aliphatic heterocycles. The second-order valence-electron chi connectivity index (χ2n) is 4.55. The zero-order valence-corrected chi connectivity index (χ0v) is 9.53. The van der Waals surface area contributed by atoms with Gasteiger partial charge in [-0.1, -0.05) is 12.1 Å². The molecule has 1 fully saturated rings. The SMILES string of the molecule is CC(C)(O)c1cccc(N2CCC(=O)N2)c1. The molecule has 0 aromatic heterocycles. The molecule has 1 amide bonds. The van der Waals surface area contributed by atoms with Crippen molar-refractivity contribution in [1.82, 2.24) is 5.43 Å². The first kappa shape index (κ1) is 11.0. The summed E-state index contributed by atoms with van der Waals surface area (Å²) < 4.78 is 0. The summed E-state index contributed by atoms with van der Waals surface area (Å²) in [6.45, 7) is 4.16. The summed E-state index contributed by atoms with van der Waals surface area (Å²) in [5.41, 5.74) is 3.65. The number of carbonyl (C=O) groups excluding carboxylic acids is 1. The predicted molar refractivity (Wildman–Crippen MR) is 61.8 cm³/mol. The molecule has 0 saturated carbocycles. The molecule has 2 N–H and O–H groups in total. The van der Waals surface area contributed by atoms with Crippen LogP contribution in [0.25, 0.3) is 0 Å². The van der Waals surface area contributed by atoms with E-state index in [1.54, 1.807) is 18.9 Å². The molecule has 1 saturated heterocycles. The number of carbonyl (C=O) groups is 1. The van der Waals surface area contributed by atoms with Gasteiger partial charge in [-0.25, -0.2) is 0 Å². The van der Waals surface area contributed by atoms with Gasteiger partial charge in [0, 0.05) is 13.0 Å². The molecule has 1 aromatic rings. The molecule has 1 aliphatic rings. The van der Waals surface area contributed by atoms with E-state index in [4.69, 9.17) is 0 Å². The van der Waals surface area contributed by atoms with E-state index in [0.29, 0.717) is 13.0 Å². The van der Waals surface area contributed by atoms with Gasteiger partial charge in [0.15, 0.2) is 0 Å². The van der Waals surface area contributed by atoms with Crippen LogP contribution in [0.15, 0.2) is 24.3 Å². The van der Waals surface area contributed by atoms with Crippen LogP contribution in [0.2, 0.25) is 0 Å². The molecule has 4 nitrogen and oxygen atoms in total. The molecule has 0 unspecified atom stereocenters. The van der Waals surface area contributed by atoms with Gasteiger partial charge in [0.25, 0.3) is 0 Å². The summed E-state index contributed by atoms with van der Waals surface area (Å²) in [5, 5.41) is 11.7. The van der Waals surface area contributed by atoms with Crippen LogP contribution in [-0.4, -0.2) is 17.6 Å². The van der Waals surface area contributed by atoms with E-state index in [1.165, 1.54) is 0 Å². The smallest absolute Gasteiger partial charge is 0.240 e. The van der Waals surface area contributed by atoms with Gasteiger partial charge in [-0.15, -0.1) is 0 Å². The number of hydrogen-bond acceptors (Lipinski definition) is 3. The standard InChI is InChI=1S/C12H16N2O2/c1-12(2,16)9-4-3-5-10(8-9)14-7-6-11(15)13-14/h3-5,8,16H,6-7H2,1-2H3,(H,13,15). The molecule has 0 bridgehead atoms. The Morgan fingerprint density at radius 2 is 2.19 bits per heavy atom. The molecular formula is C12H16N2O2. The molecule has 0 spiro atoms. The van der Waals surface area contributed by atoms with Gasteiger partial charge in [-0.3, -0.25) is 15.2 Å². The molecule has 0 radical (unpaired) electrons. The number of aliphatic hydroxyl groups is 1. The van der Waals surface area contributed by atoms with Crippen molar-refractivity contribution in [3.8, 4) is 0 Å². The van der Waals surface area contributed by atoms with E-state index in [-0.39, 0.29) is 5.91 Å². The van der Waals surface area contributed by atoms with Crippen LogP contribution in [0.3, 0.4) is 0 Å². The zero-order chi connectivity index (χ0) is 11.8. The number of hydrogen-bond donors (Lipinski definition) is 2. The van der Waals surface area contributed by atoms with Crippen LogP contribution in [0.4, 0.5) is 5.69 Å². The van der Waals surface area contributed by atoms with Crippen LogP contribution < -0.4 is 10.4 Å². The Labute approximate surface area is 94.9 Å². The molecular weight excluding hydrogens is 204 g/mol. The third-order valence-electron chi connectivity index (χ3n) is 2.69. The molecule has 4 heteroatoms. The highest BCUT2D eigenvalue weighted by Gasteiger charge is 2.21. The van der Waals surface area contributed by atoms with Gasteiger partial charge < -0.3 is 5.11 Å². The molecule has 2 rings (SSSR count). The quantitative estimate of drug-likeness (QED) is 0.786. The summed E-state index contributed by atoms with van der Waals surface area (Å²) in [6.07, 6.45) is 0.521. The van der Waals surface area contributed by atoms with Gasteiger partial charge >= 0.3 is 0 Å². The fourth-order valence-corrected chi connectivity index (χ4v) is 1.72. The molecule has 86 valence electrons. The van der Waals surface area contributed by atoms with Crippen molar-refractivity contribution in [2.75, 3.05) is 11.6 Å².